The summed E-state index contributed by atoms with van der Waals surface area (Å²) in [4.78, 5) is 8.49. The van der Waals surface area contributed by atoms with Crippen LogP contribution >= 0.6 is 0 Å². The summed E-state index contributed by atoms with van der Waals surface area (Å²) in [6.45, 7) is 0.611. The zero-order chi connectivity index (χ0) is 9.60. The molecular formula is C10H11N3O. The summed E-state index contributed by atoms with van der Waals surface area (Å²) in [7, 11) is 0. The summed E-state index contributed by atoms with van der Waals surface area (Å²) in [5.41, 5.74) is 7.15. The Morgan fingerprint density at radius 1 is 1.50 bits per heavy atom. The van der Waals surface area contributed by atoms with Gasteiger partial charge in [-0.25, -0.2) is 4.98 Å². The van der Waals surface area contributed by atoms with Crippen LogP contribution in [0.3, 0.4) is 0 Å². The monoisotopic (exact) mass is 189 g/mol. The van der Waals surface area contributed by atoms with Gasteiger partial charge in [0.15, 0.2) is 11.2 Å². The molecule has 0 unspecified atom stereocenters. The van der Waals surface area contributed by atoms with Crippen LogP contribution in [-0.2, 0) is 5.41 Å². The van der Waals surface area contributed by atoms with Crippen molar-refractivity contribution in [3.8, 4) is 0 Å². The second-order valence-electron chi connectivity index (χ2n) is 3.83. The highest BCUT2D eigenvalue weighted by atomic mass is 16.4. The van der Waals surface area contributed by atoms with Crippen LogP contribution in [0.1, 0.15) is 18.7 Å². The predicted octanol–water partition coefficient (Wildman–Crippen LogP) is 1.21. The first-order chi connectivity index (χ1) is 6.84. The Kier molecular flexibility index (Phi) is 1.44. The fourth-order valence-electron chi connectivity index (χ4n) is 1.65. The van der Waals surface area contributed by atoms with Crippen molar-refractivity contribution in [3.63, 3.8) is 0 Å². The largest absolute Gasteiger partial charge is 0.438 e. The zero-order valence-electron chi connectivity index (χ0n) is 7.73. The maximum absolute atomic E-state index is 5.70. The molecule has 1 saturated carbocycles. The molecule has 4 nitrogen and oxygen atoms in total. The number of oxazole rings is 1. The molecule has 0 bridgehead atoms. The Balaban J connectivity index is 2.15. The third-order valence-electron chi connectivity index (χ3n) is 2.86. The van der Waals surface area contributed by atoms with Crippen molar-refractivity contribution in [2.75, 3.05) is 6.54 Å². The van der Waals surface area contributed by atoms with Crippen LogP contribution in [0.5, 0.6) is 0 Å². The average Bonchev–Trinajstić information content (AvgIpc) is 2.91. The normalized spacial score (nSPS) is 18.6. The molecule has 0 aliphatic heterocycles. The summed E-state index contributed by atoms with van der Waals surface area (Å²) in [5, 5.41) is 0. The first-order valence-electron chi connectivity index (χ1n) is 4.76. The van der Waals surface area contributed by atoms with Gasteiger partial charge >= 0.3 is 0 Å². The van der Waals surface area contributed by atoms with Crippen LogP contribution in [0, 0.1) is 0 Å². The average molecular weight is 189 g/mol. The third-order valence-corrected chi connectivity index (χ3v) is 2.86. The number of nitrogens with zero attached hydrogens (tertiary/aromatic N) is 2. The number of aromatic nitrogens is 2. The lowest BCUT2D eigenvalue weighted by Gasteiger charge is -2.04. The van der Waals surface area contributed by atoms with Crippen LogP contribution in [-0.4, -0.2) is 16.5 Å². The van der Waals surface area contributed by atoms with Gasteiger partial charge in [-0.05, 0) is 25.0 Å². The standard InChI is InChI=1S/C10H11N3O/c11-6-10(3-4-10)9-13-8-7(14-9)2-1-5-12-8/h1-2,5H,3-4,6,11H2. The van der Waals surface area contributed by atoms with Crippen LogP contribution in [0.4, 0.5) is 0 Å². The fourth-order valence-corrected chi connectivity index (χ4v) is 1.65. The van der Waals surface area contributed by atoms with E-state index in [9.17, 15) is 0 Å². The van der Waals surface area contributed by atoms with E-state index in [1.807, 2.05) is 12.1 Å². The molecule has 2 N–H and O–H groups in total. The maximum atomic E-state index is 5.70. The molecule has 1 aliphatic rings. The minimum Gasteiger partial charge on any atom is -0.438 e. The number of hydrogen-bond acceptors (Lipinski definition) is 4. The van der Waals surface area contributed by atoms with Gasteiger partial charge in [-0.2, -0.15) is 4.98 Å². The zero-order valence-corrected chi connectivity index (χ0v) is 7.73. The molecule has 14 heavy (non-hydrogen) atoms. The molecule has 1 aliphatic carbocycles. The quantitative estimate of drug-likeness (QED) is 0.771. The molecular weight excluding hydrogens is 178 g/mol. The number of fused-ring (bicyclic) bond motifs is 1. The van der Waals surface area contributed by atoms with Crippen molar-refractivity contribution in [3.05, 3.63) is 24.2 Å². The molecule has 0 spiro atoms. The molecule has 0 aromatic carbocycles. The van der Waals surface area contributed by atoms with Crippen LogP contribution in [0.25, 0.3) is 11.2 Å². The number of nitrogens with two attached hydrogens (primary N) is 1. The van der Waals surface area contributed by atoms with Gasteiger partial charge in [-0.15, -0.1) is 0 Å². The molecule has 0 amide bonds. The van der Waals surface area contributed by atoms with Crippen molar-refractivity contribution in [1.29, 1.82) is 0 Å². The van der Waals surface area contributed by atoms with Gasteiger partial charge in [0.1, 0.15) is 0 Å². The predicted molar refractivity (Wildman–Crippen MR) is 51.8 cm³/mol. The molecule has 4 heteroatoms. The molecule has 0 saturated heterocycles. The van der Waals surface area contributed by atoms with Crippen molar-refractivity contribution in [1.82, 2.24) is 9.97 Å². The Bertz CT molecular complexity index is 440. The Labute approximate surface area is 81.1 Å². The SMILES string of the molecule is NCC1(c2nc3ncccc3o2)CC1. The molecule has 3 rings (SSSR count). The summed E-state index contributed by atoms with van der Waals surface area (Å²) in [5.74, 6) is 0.758. The highest BCUT2D eigenvalue weighted by Gasteiger charge is 2.47. The van der Waals surface area contributed by atoms with E-state index in [0.29, 0.717) is 12.2 Å². The van der Waals surface area contributed by atoms with E-state index in [1.54, 1.807) is 6.20 Å². The fraction of sp³-hybridized carbons (Fsp3) is 0.400. The lowest BCUT2D eigenvalue weighted by molar-refractivity contribution is 0.462. The van der Waals surface area contributed by atoms with Crippen LogP contribution in [0.2, 0.25) is 0 Å². The third kappa shape index (κ3) is 0.974. The van der Waals surface area contributed by atoms with Crippen LogP contribution in [0.15, 0.2) is 22.7 Å². The minimum atomic E-state index is 0.0146. The highest BCUT2D eigenvalue weighted by Crippen LogP contribution is 2.47. The van der Waals surface area contributed by atoms with E-state index < -0.39 is 0 Å². The summed E-state index contributed by atoms with van der Waals surface area (Å²) in [6, 6.07) is 3.73. The van der Waals surface area contributed by atoms with Gasteiger partial charge in [-0.1, -0.05) is 0 Å². The van der Waals surface area contributed by atoms with Gasteiger partial charge in [0.2, 0.25) is 5.89 Å². The minimum absolute atomic E-state index is 0.0146. The van der Waals surface area contributed by atoms with Gasteiger partial charge in [0.05, 0.1) is 5.41 Å². The number of hydrogen-bond donors (Lipinski definition) is 1. The second kappa shape index (κ2) is 2.54. The van der Waals surface area contributed by atoms with Crippen molar-refractivity contribution < 1.29 is 4.42 Å². The van der Waals surface area contributed by atoms with E-state index in [1.165, 1.54) is 0 Å². The van der Waals surface area contributed by atoms with E-state index >= 15 is 0 Å². The van der Waals surface area contributed by atoms with E-state index in [0.717, 1.165) is 24.3 Å². The van der Waals surface area contributed by atoms with E-state index in [2.05, 4.69) is 9.97 Å². The summed E-state index contributed by atoms with van der Waals surface area (Å²) >= 11 is 0. The molecule has 2 heterocycles. The van der Waals surface area contributed by atoms with Gasteiger partial charge in [-0.3, -0.25) is 0 Å². The Hall–Kier alpha value is -1.42. The smallest absolute Gasteiger partial charge is 0.204 e. The Morgan fingerprint density at radius 2 is 2.36 bits per heavy atom. The summed E-state index contributed by atoms with van der Waals surface area (Å²) < 4.78 is 5.63. The van der Waals surface area contributed by atoms with Crippen molar-refractivity contribution >= 4 is 11.2 Å². The molecule has 0 radical (unpaired) electrons. The van der Waals surface area contributed by atoms with Gasteiger partial charge < -0.3 is 10.2 Å². The lowest BCUT2D eigenvalue weighted by Crippen LogP contribution is -2.19. The van der Waals surface area contributed by atoms with Crippen molar-refractivity contribution in [2.24, 2.45) is 5.73 Å². The molecule has 0 atom stereocenters. The molecule has 72 valence electrons. The van der Waals surface area contributed by atoms with Gasteiger partial charge in [0.25, 0.3) is 0 Å². The number of rotatable bonds is 2. The van der Waals surface area contributed by atoms with Crippen molar-refractivity contribution in [2.45, 2.75) is 18.3 Å². The summed E-state index contributed by atoms with van der Waals surface area (Å²) in [6.07, 6.45) is 3.88. The first kappa shape index (κ1) is 7.94. The maximum Gasteiger partial charge on any atom is 0.204 e. The first-order valence-corrected chi connectivity index (χ1v) is 4.76. The highest BCUT2D eigenvalue weighted by molar-refractivity contribution is 5.67. The topological polar surface area (TPSA) is 64.9 Å². The lowest BCUT2D eigenvalue weighted by atomic mass is 10.1. The second-order valence-corrected chi connectivity index (χ2v) is 3.83. The van der Waals surface area contributed by atoms with E-state index in [-0.39, 0.29) is 5.41 Å². The van der Waals surface area contributed by atoms with Crippen LogP contribution < -0.4 is 5.73 Å². The van der Waals surface area contributed by atoms with E-state index in [4.69, 9.17) is 10.2 Å². The molecule has 1 fully saturated rings. The molecule has 2 aromatic rings. The number of pyridine rings is 1. The molecule has 2 aromatic heterocycles. The Morgan fingerprint density at radius 3 is 3.00 bits per heavy atom. The van der Waals surface area contributed by atoms with Gasteiger partial charge in [0, 0.05) is 12.7 Å².